The van der Waals surface area contributed by atoms with E-state index < -0.39 is 0 Å². The number of guanidine groups is 1. The summed E-state index contributed by atoms with van der Waals surface area (Å²) in [4.78, 5) is 8.75. The van der Waals surface area contributed by atoms with Crippen LogP contribution in [0.25, 0.3) is 11.5 Å². The minimum absolute atomic E-state index is 0. The summed E-state index contributed by atoms with van der Waals surface area (Å²) in [5, 5.41) is 3.09. The van der Waals surface area contributed by atoms with Crippen LogP contribution in [0.15, 0.2) is 70.3 Å². The molecule has 3 rings (SSSR count). The standard InChI is InChI=1S/C19H20N4O2.HI/c1-24-12-15-9-5-6-10-17(15)23-19(20)21-11-16-13-25-18(22-16)14-7-3-2-4-8-14;/h2-10,13H,11-12H2,1H3,(H3,20,21,23);1H. The van der Waals surface area contributed by atoms with Crippen molar-refractivity contribution in [1.82, 2.24) is 4.98 Å². The van der Waals surface area contributed by atoms with Crippen LogP contribution < -0.4 is 11.1 Å². The molecule has 0 aliphatic heterocycles. The van der Waals surface area contributed by atoms with Gasteiger partial charge >= 0.3 is 0 Å². The smallest absolute Gasteiger partial charge is 0.226 e. The molecule has 0 aliphatic rings. The largest absolute Gasteiger partial charge is 0.444 e. The highest BCUT2D eigenvalue weighted by molar-refractivity contribution is 14.0. The quantitative estimate of drug-likeness (QED) is 0.327. The SMILES string of the molecule is COCc1ccccc1NC(N)=NCc1coc(-c2ccccc2)n1.I. The third-order valence-electron chi connectivity index (χ3n) is 3.56. The summed E-state index contributed by atoms with van der Waals surface area (Å²) in [7, 11) is 1.66. The van der Waals surface area contributed by atoms with Crippen LogP contribution in [0.5, 0.6) is 0 Å². The molecule has 3 N–H and O–H groups in total. The second-order valence-electron chi connectivity index (χ2n) is 5.43. The maximum atomic E-state index is 5.98. The van der Waals surface area contributed by atoms with Gasteiger partial charge in [-0.3, -0.25) is 0 Å². The van der Waals surface area contributed by atoms with Gasteiger partial charge in [0, 0.05) is 23.9 Å². The predicted molar refractivity (Wildman–Crippen MR) is 113 cm³/mol. The zero-order valence-electron chi connectivity index (χ0n) is 14.4. The number of hydrogen-bond acceptors (Lipinski definition) is 4. The van der Waals surface area contributed by atoms with Gasteiger partial charge in [0.05, 0.1) is 13.2 Å². The number of nitrogens with zero attached hydrogens (tertiary/aromatic N) is 2. The second kappa shape index (κ2) is 9.93. The zero-order valence-corrected chi connectivity index (χ0v) is 16.7. The average Bonchev–Trinajstić information content (AvgIpc) is 3.12. The summed E-state index contributed by atoms with van der Waals surface area (Å²) in [5.41, 5.74) is 9.50. The Balaban J connectivity index is 0.00000243. The molecule has 1 aromatic heterocycles. The van der Waals surface area contributed by atoms with Gasteiger partial charge in [0.1, 0.15) is 12.0 Å². The minimum Gasteiger partial charge on any atom is -0.444 e. The molecule has 0 amide bonds. The van der Waals surface area contributed by atoms with Gasteiger partial charge in [-0.15, -0.1) is 24.0 Å². The fourth-order valence-electron chi connectivity index (χ4n) is 2.36. The van der Waals surface area contributed by atoms with Crippen LogP contribution >= 0.6 is 24.0 Å². The monoisotopic (exact) mass is 464 g/mol. The summed E-state index contributed by atoms with van der Waals surface area (Å²) in [5.74, 6) is 0.885. The van der Waals surface area contributed by atoms with Gasteiger partial charge in [-0.1, -0.05) is 36.4 Å². The van der Waals surface area contributed by atoms with Crippen molar-refractivity contribution in [3.8, 4) is 11.5 Å². The lowest BCUT2D eigenvalue weighted by Gasteiger charge is -2.10. The molecule has 0 fully saturated rings. The topological polar surface area (TPSA) is 85.7 Å². The molecule has 1 heterocycles. The summed E-state index contributed by atoms with van der Waals surface area (Å²) >= 11 is 0. The normalized spacial score (nSPS) is 11.0. The van der Waals surface area contributed by atoms with Crippen LogP contribution in [-0.4, -0.2) is 18.1 Å². The van der Waals surface area contributed by atoms with E-state index in [4.69, 9.17) is 14.9 Å². The number of hydrogen-bond donors (Lipinski definition) is 2. The van der Waals surface area contributed by atoms with E-state index in [2.05, 4.69) is 15.3 Å². The Labute approximate surface area is 169 Å². The number of aromatic nitrogens is 1. The van der Waals surface area contributed by atoms with Crippen molar-refractivity contribution in [3.05, 3.63) is 72.1 Å². The van der Waals surface area contributed by atoms with E-state index in [1.54, 1.807) is 13.4 Å². The van der Waals surface area contributed by atoms with Gasteiger partial charge in [0.15, 0.2) is 5.96 Å². The first kappa shape index (κ1) is 19.9. The third kappa shape index (κ3) is 5.30. The van der Waals surface area contributed by atoms with Crippen LogP contribution in [0.3, 0.4) is 0 Å². The van der Waals surface area contributed by atoms with E-state index in [1.165, 1.54) is 0 Å². The molecule has 0 unspecified atom stereocenters. The molecule has 0 atom stereocenters. The first-order valence-electron chi connectivity index (χ1n) is 7.90. The highest BCUT2D eigenvalue weighted by Crippen LogP contribution is 2.18. The van der Waals surface area contributed by atoms with Crippen molar-refractivity contribution in [2.24, 2.45) is 10.7 Å². The van der Waals surface area contributed by atoms with Crippen molar-refractivity contribution in [3.63, 3.8) is 0 Å². The van der Waals surface area contributed by atoms with Crippen molar-refractivity contribution >= 4 is 35.6 Å². The number of ether oxygens (including phenoxy) is 1. The zero-order chi connectivity index (χ0) is 17.5. The lowest BCUT2D eigenvalue weighted by molar-refractivity contribution is 0.185. The molecule has 0 aliphatic carbocycles. The number of benzene rings is 2. The molecule has 0 bridgehead atoms. The molecule has 6 nitrogen and oxygen atoms in total. The molecule has 0 saturated heterocycles. The molecule has 0 spiro atoms. The summed E-state index contributed by atoms with van der Waals surface area (Å²) < 4.78 is 10.7. The van der Waals surface area contributed by atoms with Gasteiger partial charge in [0.25, 0.3) is 0 Å². The summed E-state index contributed by atoms with van der Waals surface area (Å²) in [6.45, 7) is 0.835. The number of oxazole rings is 1. The Morgan fingerprint density at radius 1 is 1.15 bits per heavy atom. The molecule has 7 heteroatoms. The lowest BCUT2D eigenvalue weighted by atomic mass is 10.2. The minimum atomic E-state index is 0. The van der Waals surface area contributed by atoms with Crippen LogP contribution in [0, 0.1) is 0 Å². The first-order chi connectivity index (χ1) is 12.3. The number of methoxy groups -OCH3 is 1. The van der Waals surface area contributed by atoms with E-state index in [0.29, 0.717) is 30.7 Å². The first-order valence-corrected chi connectivity index (χ1v) is 7.90. The molecular weight excluding hydrogens is 443 g/mol. The second-order valence-corrected chi connectivity index (χ2v) is 5.43. The van der Waals surface area contributed by atoms with Gasteiger partial charge in [-0.25, -0.2) is 9.98 Å². The molecule has 26 heavy (non-hydrogen) atoms. The molecule has 0 radical (unpaired) electrons. The van der Waals surface area contributed by atoms with Gasteiger partial charge in [-0.05, 0) is 18.2 Å². The van der Waals surface area contributed by atoms with Crippen molar-refractivity contribution in [1.29, 1.82) is 0 Å². The van der Waals surface area contributed by atoms with Crippen LogP contribution in [0.1, 0.15) is 11.3 Å². The fraction of sp³-hybridized carbons (Fsp3) is 0.158. The van der Waals surface area contributed by atoms with Gasteiger partial charge in [0.2, 0.25) is 5.89 Å². The number of anilines is 1. The fourth-order valence-corrected chi connectivity index (χ4v) is 2.36. The maximum absolute atomic E-state index is 5.98. The average molecular weight is 464 g/mol. The van der Waals surface area contributed by atoms with E-state index in [9.17, 15) is 0 Å². The highest BCUT2D eigenvalue weighted by atomic mass is 127. The van der Waals surface area contributed by atoms with E-state index in [-0.39, 0.29) is 24.0 Å². The number of nitrogens with two attached hydrogens (primary N) is 1. The molecule has 0 saturated carbocycles. The number of rotatable bonds is 6. The Morgan fingerprint density at radius 2 is 1.88 bits per heavy atom. The van der Waals surface area contributed by atoms with Gasteiger partial charge < -0.3 is 20.2 Å². The van der Waals surface area contributed by atoms with Crippen LogP contribution in [0.2, 0.25) is 0 Å². The van der Waals surface area contributed by atoms with E-state index >= 15 is 0 Å². The molecular formula is C19H21IN4O2. The number of halogens is 1. The summed E-state index contributed by atoms with van der Waals surface area (Å²) in [6.07, 6.45) is 1.60. The Hall–Kier alpha value is -2.39. The maximum Gasteiger partial charge on any atom is 0.226 e. The Morgan fingerprint density at radius 3 is 2.65 bits per heavy atom. The van der Waals surface area contributed by atoms with E-state index in [1.807, 2.05) is 54.6 Å². The molecule has 136 valence electrons. The van der Waals surface area contributed by atoms with Crippen molar-refractivity contribution in [2.75, 3.05) is 12.4 Å². The third-order valence-corrected chi connectivity index (χ3v) is 3.56. The van der Waals surface area contributed by atoms with Crippen LogP contribution in [0.4, 0.5) is 5.69 Å². The van der Waals surface area contributed by atoms with E-state index in [0.717, 1.165) is 16.8 Å². The Bertz CT molecular complexity index is 850. The molecule has 3 aromatic rings. The molecule has 2 aromatic carbocycles. The number of aliphatic imine (C=N–C) groups is 1. The summed E-state index contributed by atoms with van der Waals surface area (Å²) in [6, 6.07) is 17.5. The highest BCUT2D eigenvalue weighted by Gasteiger charge is 2.06. The van der Waals surface area contributed by atoms with Crippen molar-refractivity contribution in [2.45, 2.75) is 13.2 Å². The van der Waals surface area contributed by atoms with Crippen LogP contribution in [-0.2, 0) is 17.9 Å². The van der Waals surface area contributed by atoms with Crippen molar-refractivity contribution < 1.29 is 9.15 Å². The predicted octanol–water partition coefficient (Wildman–Crippen LogP) is 4.03. The number of nitrogens with one attached hydrogen (secondary N) is 1. The van der Waals surface area contributed by atoms with Gasteiger partial charge in [-0.2, -0.15) is 0 Å². The Kier molecular flexibility index (Phi) is 7.61. The lowest BCUT2D eigenvalue weighted by Crippen LogP contribution is -2.23. The number of para-hydroxylation sites is 1.